The molecule has 2 aromatic carbocycles. The highest BCUT2D eigenvalue weighted by Gasteiger charge is 2.15. The Bertz CT molecular complexity index is 636. The van der Waals surface area contributed by atoms with E-state index in [2.05, 4.69) is 0 Å². The minimum Gasteiger partial charge on any atom is -0.497 e. The predicted molar refractivity (Wildman–Crippen MR) is 77.6 cm³/mol. The van der Waals surface area contributed by atoms with Gasteiger partial charge in [0.05, 0.1) is 12.1 Å². The Morgan fingerprint density at radius 2 is 1.74 bits per heavy atom. The normalized spacial score (nSPS) is 10.3. The lowest BCUT2D eigenvalue weighted by molar-refractivity contribution is 0.103. The quantitative estimate of drug-likeness (QED) is 0.777. The SMILES string of the molecule is COc1ccc(C(=O)c2ccc(Cl)cc2C)c(Cl)c1. The fourth-order valence-electron chi connectivity index (χ4n) is 1.83. The highest BCUT2D eigenvalue weighted by atomic mass is 35.5. The number of halogens is 2. The van der Waals surface area contributed by atoms with Crippen molar-refractivity contribution in [3.8, 4) is 5.75 Å². The first-order chi connectivity index (χ1) is 9.02. The van der Waals surface area contributed by atoms with Crippen molar-refractivity contribution in [2.45, 2.75) is 6.92 Å². The molecule has 0 saturated carbocycles. The van der Waals surface area contributed by atoms with E-state index in [0.29, 0.717) is 26.9 Å². The van der Waals surface area contributed by atoms with Gasteiger partial charge in [-0.1, -0.05) is 23.2 Å². The lowest BCUT2D eigenvalue weighted by Crippen LogP contribution is -2.04. The summed E-state index contributed by atoms with van der Waals surface area (Å²) >= 11 is 12.0. The Balaban J connectivity index is 2.44. The summed E-state index contributed by atoms with van der Waals surface area (Å²) in [4.78, 5) is 12.4. The maximum atomic E-state index is 12.4. The van der Waals surface area contributed by atoms with Gasteiger partial charge in [-0.15, -0.1) is 0 Å². The van der Waals surface area contributed by atoms with Gasteiger partial charge < -0.3 is 4.74 Å². The summed E-state index contributed by atoms with van der Waals surface area (Å²) in [6.07, 6.45) is 0. The standard InChI is InChI=1S/C15H12Cl2O2/c1-9-7-10(16)3-5-12(9)15(18)13-6-4-11(19-2)8-14(13)17/h3-8H,1-2H3. The van der Waals surface area contributed by atoms with Gasteiger partial charge in [0.1, 0.15) is 5.75 Å². The van der Waals surface area contributed by atoms with E-state index in [-0.39, 0.29) is 5.78 Å². The molecule has 0 radical (unpaired) electrons. The molecule has 0 amide bonds. The first kappa shape index (κ1) is 13.9. The van der Waals surface area contributed by atoms with Gasteiger partial charge in [0, 0.05) is 16.1 Å². The molecule has 0 aliphatic heterocycles. The molecule has 0 N–H and O–H groups in total. The van der Waals surface area contributed by atoms with E-state index in [1.165, 1.54) is 0 Å². The highest BCUT2D eigenvalue weighted by molar-refractivity contribution is 6.35. The van der Waals surface area contributed by atoms with Crippen LogP contribution in [0, 0.1) is 6.92 Å². The van der Waals surface area contributed by atoms with E-state index < -0.39 is 0 Å². The second-order valence-electron chi connectivity index (χ2n) is 4.13. The van der Waals surface area contributed by atoms with E-state index in [4.69, 9.17) is 27.9 Å². The molecule has 0 bridgehead atoms. The molecular formula is C15H12Cl2O2. The number of benzene rings is 2. The van der Waals surface area contributed by atoms with Crippen molar-refractivity contribution in [3.63, 3.8) is 0 Å². The largest absolute Gasteiger partial charge is 0.497 e. The van der Waals surface area contributed by atoms with Crippen LogP contribution in [0.3, 0.4) is 0 Å². The average molecular weight is 295 g/mol. The van der Waals surface area contributed by atoms with Crippen LogP contribution in [0.5, 0.6) is 5.75 Å². The van der Waals surface area contributed by atoms with Crippen molar-refractivity contribution >= 4 is 29.0 Å². The molecule has 0 spiro atoms. The highest BCUT2D eigenvalue weighted by Crippen LogP contribution is 2.26. The zero-order chi connectivity index (χ0) is 14.0. The zero-order valence-corrected chi connectivity index (χ0v) is 12.0. The van der Waals surface area contributed by atoms with Crippen LogP contribution in [-0.2, 0) is 0 Å². The van der Waals surface area contributed by atoms with Crippen molar-refractivity contribution in [1.82, 2.24) is 0 Å². The van der Waals surface area contributed by atoms with Crippen LogP contribution in [0.4, 0.5) is 0 Å². The van der Waals surface area contributed by atoms with E-state index in [9.17, 15) is 4.79 Å². The fourth-order valence-corrected chi connectivity index (χ4v) is 2.32. The number of hydrogen-bond acceptors (Lipinski definition) is 2. The second-order valence-corrected chi connectivity index (χ2v) is 4.98. The first-order valence-electron chi connectivity index (χ1n) is 5.67. The summed E-state index contributed by atoms with van der Waals surface area (Å²) in [5, 5.41) is 0.980. The predicted octanol–water partition coefficient (Wildman–Crippen LogP) is 4.54. The molecule has 2 nitrogen and oxygen atoms in total. The van der Waals surface area contributed by atoms with Crippen LogP contribution in [0.15, 0.2) is 36.4 Å². The minimum atomic E-state index is -0.123. The lowest BCUT2D eigenvalue weighted by Gasteiger charge is -2.08. The van der Waals surface area contributed by atoms with Crippen molar-refractivity contribution in [1.29, 1.82) is 0 Å². The van der Waals surface area contributed by atoms with E-state index in [1.807, 2.05) is 6.92 Å². The van der Waals surface area contributed by atoms with Crippen LogP contribution in [-0.4, -0.2) is 12.9 Å². The first-order valence-corrected chi connectivity index (χ1v) is 6.43. The molecule has 0 aromatic heterocycles. The fraction of sp³-hybridized carbons (Fsp3) is 0.133. The van der Waals surface area contributed by atoms with Gasteiger partial charge >= 0.3 is 0 Å². The maximum absolute atomic E-state index is 12.4. The third kappa shape index (κ3) is 2.91. The monoisotopic (exact) mass is 294 g/mol. The molecule has 0 unspecified atom stereocenters. The second kappa shape index (κ2) is 5.64. The Morgan fingerprint density at radius 3 is 2.32 bits per heavy atom. The molecule has 2 rings (SSSR count). The summed E-state index contributed by atoms with van der Waals surface area (Å²) < 4.78 is 5.06. The molecule has 0 aliphatic carbocycles. The Kier molecular flexibility index (Phi) is 4.13. The topological polar surface area (TPSA) is 26.3 Å². The molecule has 0 heterocycles. The van der Waals surface area contributed by atoms with E-state index in [1.54, 1.807) is 43.5 Å². The lowest BCUT2D eigenvalue weighted by atomic mass is 9.99. The number of carbonyl (C=O) groups is 1. The third-order valence-electron chi connectivity index (χ3n) is 2.85. The Hall–Kier alpha value is -1.51. The molecule has 19 heavy (non-hydrogen) atoms. The zero-order valence-electron chi connectivity index (χ0n) is 10.5. The molecule has 4 heteroatoms. The Morgan fingerprint density at radius 1 is 1.05 bits per heavy atom. The smallest absolute Gasteiger partial charge is 0.194 e. The summed E-state index contributed by atoms with van der Waals surface area (Å²) in [6, 6.07) is 10.2. The molecule has 0 saturated heterocycles. The van der Waals surface area contributed by atoms with Crippen molar-refractivity contribution in [2.75, 3.05) is 7.11 Å². The molecule has 0 fully saturated rings. The summed E-state index contributed by atoms with van der Waals surface area (Å²) in [7, 11) is 1.55. The van der Waals surface area contributed by atoms with Crippen molar-refractivity contribution in [3.05, 3.63) is 63.1 Å². The number of methoxy groups -OCH3 is 1. The van der Waals surface area contributed by atoms with Crippen LogP contribution in [0.1, 0.15) is 21.5 Å². The molecule has 2 aromatic rings. The van der Waals surface area contributed by atoms with Crippen LogP contribution in [0.2, 0.25) is 10.0 Å². The average Bonchev–Trinajstić information content (AvgIpc) is 2.37. The summed E-state index contributed by atoms with van der Waals surface area (Å²) in [6.45, 7) is 1.84. The van der Waals surface area contributed by atoms with Crippen LogP contribution < -0.4 is 4.74 Å². The number of hydrogen-bond donors (Lipinski definition) is 0. The van der Waals surface area contributed by atoms with Crippen molar-refractivity contribution < 1.29 is 9.53 Å². The van der Waals surface area contributed by atoms with Gasteiger partial charge in [-0.05, 0) is 48.9 Å². The molecule has 0 atom stereocenters. The van der Waals surface area contributed by atoms with Gasteiger partial charge in [0.2, 0.25) is 0 Å². The van der Waals surface area contributed by atoms with Crippen molar-refractivity contribution in [2.24, 2.45) is 0 Å². The number of aryl methyl sites for hydroxylation is 1. The molecule has 98 valence electrons. The van der Waals surface area contributed by atoms with Gasteiger partial charge in [-0.25, -0.2) is 0 Å². The third-order valence-corrected chi connectivity index (χ3v) is 3.40. The summed E-state index contributed by atoms with van der Waals surface area (Å²) in [5.41, 5.74) is 1.87. The minimum absolute atomic E-state index is 0.123. The number of ketones is 1. The van der Waals surface area contributed by atoms with E-state index in [0.717, 1.165) is 5.56 Å². The van der Waals surface area contributed by atoms with Crippen LogP contribution >= 0.6 is 23.2 Å². The van der Waals surface area contributed by atoms with E-state index >= 15 is 0 Å². The van der Waals surface area contributed by atoms with Gasteiger partial charge in [0.25, 0.3) is 0 Å². The number of carbonyl (C=O) groups excluding carboxylic acids is 1. The number of ether oxygens (including phenoxy) is 1. The maximum Gasteiger partial charge on any atom is 0.194 e. The van der Waals surface area contributed by atoms with Gasteiger partial charge in [-0.3, -0.25) is 4.79 Å². The molecule has 0 aliphatic rings. The summed E-state index contributed by atoms with van der Waals surface area (Å²) in [5.74, 6) is 0.496. The van der Waals surface area contributed by atoms with Crippen LogP contribution in [0.25, 0.3) is 0 Å². The number of rotatable bonds is 3. The van der Waals surface area contributed by atoms with Gasteiger partial charge in [0.15, 0.2) is 5.78 Å². The molecular weight excluding hydrogens is 283 g/mol. The Labute approximate surface area is 121 Å². The van der Waals surface area contributed by atoms with Gasteiger partial charge in [-0.2, -0.15) is 0 Å².